The van der Waals surface area contributed by atoms with Gasteiger partial charge >= 0.3 is 11.7 Å². The van der Waals surface area contributed by atoms with E-state index in [4.69, 9.17) is 10.5 Å². The normalized spacial score (nSPS) is 10.6. The number of methoxy groups -OCH3 is 1. The summed E-state index contributed by atoms with van der Waals surface area (Å²) in [5, 5.41) is 0. The second-order valence-electron chi connectivity index (χ2n) is 5.68. The molecule has 0 fully saturated rings. The number of aromatic nitrogens is 2. The van der Waals surface area contributed by atoms with Gasteiger partial charge in [-0.25, -0.2) is 9.59 Å². The Labute approximate surface area is 154 Å². The molecule has 0 aliphatic heterocycles. The molecule has 9 nitrogen and oxygen atoms in total. The summed E-state index contributed by atoms with van der Waals surface area (Å²) in [4.78, 5) is 49.0. The molecule has 0 atom stereocenters. The summed E-state index contributed by atoms with van der Waals surface area (Å²) >= 11 is 0. The number of ketones is 1. The van der Waals surface area contributed by atoms with E-state index in [0.29, 0.717) is 0 Å². The Morgan fingerprint density at radius 3 is 2.33 bits per heavy atom. The Morgan fingerprint density at radius 1 is 1.07 bits per heavy atom. The van der Waals surface area contributed by atoms with E-state index >= 15 is 0 Å². The minimum Gasteiger partial charge on any atom is -0.456 e. The van der Waals surface area contributed by atoms with Crippen molar-refractivity contribution >= 4 is 17.6 Å². The van der Waals surface area contributed by atoms with Gasteiger partial charge in [0.15, 0.2) is 6.61 Å². The lowest BCUT2D eigenvalue weighted by Crippen LogP contribution is -2.44. The van der Waals surface area contributed by atoms with Crippen LogP contribution >= 0.6 is 0 Å². The number of carbonyl (C=O) groups is 2. The van der Waals surface area contributed by atoms with Gasteiger partial charge in [-0.1, -0.05) is 30.3 Å². The van der Waals surface area contributed by atoms with E-state index < -0.39 is 29.6 Å². The minimum absolute atomic E-state index is 0.0660. The largest absolute Gasteiger partial charge is 0.456 e. The van der Waals surface area contributed by atoms with Crippen molar-refractivity contribution in [2.24, 2.45) is 0 Å². The van der Waals surface area contributed by atoms with E-state index in [1.165, 1.54) is 7.11 Å². The van der Waals surface area contributed by atoms with Crippen molar-refractivity contribution < 1.29 is 19.1 Å². The Kier molecular flexibility index (Phi) is 6.67. The number of hydrogen-bond acceptors (Lipinski definition) is 7. The number of Topliss-reactive ketones (excluding diaryl/α,β-unsaturated/α-hetero) is 1. The molecule has 1 aromatic carbocycles. The van der Waals surface area contributed by atoms with Gasteiger partial charge in [0.25, 0.3) is 5.56 Å². The first-order chi connectivity index (χ1) is 12.9. The maximum absolute atomic E-state index is 12.6. The quantitative estimate of drug-likeness (QED) is 0.510. The second kappa shape index (κ2) is 8.95. The summed E-state index contributed by atoms with van der Waals surface area (Å²) in [6.07, 6.45) is 0. The van der Waals surface area contributed by atoms with Crippen molar-refractivity contribution in [3.05, 3.63) is 62.3 Å². The van der Waals surface area contributed by atoms with Crippen LogP contribution < -0.4 is 17.0 Å². The molecule has 0 saturated heterocycles. The van der Waals surface area contributed by atoms with Crippen LogP contribution in [0.1, 0.15) is 22.8 Å². The van der Waals surface area contributed by atoms with Crippen molar-refractivity contribution in [1.29, 1.82) is 0 Å². The lowest BCUT2D eigenvalue weighted by atomic mass is 10.2. The van der Waals surface area contributed by atoms with Crippen molar-refractivity contribution in [2.75, 3.05) is 26.1 Å². The smallest absolute Gasteiger partial charge is 0.332 e. The van der Waals surface area contributed by atoms with Gasteiger partial charge in [0.2, 0.25) is 5.78 Å². The molecule has 0 unspecified atom stereocenters. The van der Waals surface area contributed by atoms with Crippen LogP contribution in [0.4, 0.5) is 5.82 Å². The number of carbonyl (C=O) groups excluding carboxylic acids is 2. The van der Waals surface area contributed by atoms with E-state index in [1.807, 2.05) is 6.07 Å². The maximum Gasteiger partial charge on any atom is 0.332 e. The van der Waals surface area contributed by atoms with Gasteiger partial charge in [0.1, 0.15) is 18.0 Å². The zero-order valence-electron chi connectivity index (χ0n) is 15.1. The molecule has 27 heavy (non-hydrogen) atoms. The molecule has 2 N–H and O–H groups in total. The molecular weight excluding hydrogens is 354 g/mol. The molecule has 0 amide bonds. The van der Waals surface area contributed by atoms with Crippen LogP contribution in [0, 0.1) is 0 Å². The third kappa shape index (κ3) is 4.50. The summed E-state index contributed by atoms with van der Waals surface area (Å²) in [6, 6.07) is 9.01. The Balaban J connectivity index is 2.46. The highest BCUT2D eigenvalue weighted by atomic mass is 16.6. The van der Waals surface area contributed by atoms with Crippen LogP contribution in [0.5, 0.6) is 0 Å². The molecular formula is C18H21N3O6. The number of nitrogens with zero attached hydrogens (tertiary/aromatic N) is 2. The predicted octanol–water partition coefficient (Wildman–Crippen LogP) is 0.0327. The average Bonchev–Trinajstić information content (AvgIpc) is 2.65. The molecule has 2 aromatic rings. The van der Waals surface area contributed by atoms with Gasteiger partial charge in [-0.2, -0.15) is 0 Å². The number of ether oxygens (including phenoxy) is 2. The molecule has 0 saturated carbocycles. The number of benzene rings is 1. The third-order valence-electron chi connectivity index (χ3n) is 3.87. The van der Waals surface area contributed by atoms with Gasteiger partial charge in [0, 0.05) is 13.7 Å². The lowest BCUT2D eigenvalue weighted by Gasteiger charge is -2.15. The van der Waals surface area contributed by atoms with E-state index in [9.17, 15) is 19.2 Å². The number of nitrogen functional groups attached to an aromatic ring is 1. The summed E-state index contributed by atoms with van der Waals surface area (Å²) in [5.74, 6) is -1.80. The molecule has 0 aliphatic rings. The van der Waals surface area contributed by atoms with Gasteiger partial charge in [-0.3, -0.25) is 18.7 Å². The van der Waals surface area contributed by atoms with Gasteiger partial charge in [-0.15, -0.1) is 0 Å². The molecule has 0 radical (unpaired) electrons. The topological polar surface area (TPSA) is 123 Å². The van der Waals surface area contributed by atoms with E-state index in [0.717, 1.165) is 14.7 Å². The monoisotopic (exact) mass is 375 g/mol. The van der Waals surface area contributed by atoms with E-state index in [1.54, 1.807) is 31.2 Å². The average molecular weight is 375 g/mol. The fourth-order valence-electron chi connectivity index (χ4n) is 2.55. The Hall–Kier alpha value is -3.20. The highest BCUT2D eigenvalue weighted by molar-refractivity contribution is 6.01. The van der Waals surface area contributed by atoms with Crippen LogP contribution in [0.25, 0.3) is 0 Å². The Morgan fingerprint density at radius 2 is 1.74 bits per heavy atom. The SMILES string of the molecule is CCn1c(=O)c(C(=O)COC(=O)COC)c(N)n(Cc2ccccc2)c1=O. The van der Waals surface area contributed by atoms with Crippen LogP contribution in [-0.4, -0.2) is 41.2 Å². The summed E-state index contributed by atoms with van der Waals surface area (Å²) in [6.45, 7) is 0.773. The van der Waals surface area contributed by atoms with Gasteiger partial charge in [0.05, 0.1) is 6.54 Å². The number of esters is 1. The van der Waals surface area contributed by atoms with Crippen molar-refractivity contribution in [3.63, 3.8) is 0 Å². The number of hydrogen-bond donors (Lipinski definition) is 1. The van der Waals surface area contributed by atoms with Crippen LogP contribution in [-0.2, 0) is 27.4 Å². The first kappa shape index (κ1) is 20.1. The fraction of sp³-hybridized carbons (Fsp3) is 0.333. The maximum atomic E-state index is 12.6. The summed E-state index contributed by atoms with van der Waals surface area (Å²) < 4.78 is 11.4. The van der Waals surface area contributed by atoms with E-state index in [2.05, 4.69) is 4.74 Å². The molecule has 1 heterocycles. The first-order valence-corrected chi connectivity index (χ1v) is 8.25. The predicted molar refractivity (Wildman–Crippen MR) is 97.8 cm³/mol. The fourth-order valence-corrected chi connectivity index (χ4v) is 2.55. The van der Waals surface area contributed by atoms with Crippen molar-refractivity contribution in [2.45, 2.75) is 20.0 Å². The van der Waals surface area contributed by atoms with Crippen molar-refractivity contribution in [1.82, 2.24) is 9.13 Å². The molecule has 0 bridgehead atoms. The Bertz CT molecular complexity index is 946. The highest BCUT2D eigenvalue weighted by Crippen LogP contribution is 2.10. The van der Waals surface area contributed by atoms with Gasteiger partial charge in [-0.05, 0) is 12.5 Å². The van der Waals surface area contributed by atoms with Gasteiger partial charge < -0.3 is 15.2 Å². The van der Waals surface area contributed by atoms with E-state index in [-0.39, 0.29) is 31.1 Å². The summed E-state index contributed by atoms with van der Waals surface area (Å²) in [5.41, 5.74) is 4.96. The standard InChI is InChI=1S/C18H21N3O6/c1-3-20-17(24)15(13(22)10-27-14(23)11-26-2)16(19)21(18(20)25)9-12-7-5-4-6-8-12/h4-8H,3,9-11,19H2,1-2H3. The lowest BCUT2D eigenvalue weighted by molar-refractivity contribution is -0.146. The molecule has 2 rings (SSSR count). The number of nitrogens with two attached hydrogens (primary N) is 1. The number of anilines is 1. The molecule has 9 heteroatoms. The zero-order valence-corrected chi connectivity index (χ0v) is 15.1. The van der Waals surface area contributed by atoms with Crippen molar-refractivity contribution in [3.8, 4) is 0 Å². The molecule has 0 spiro atoms. The highest BCUT2D eigenvalue weighted by Gasteiger charge is 2.23. The van der Waals surface area contributed by atoms with Crippen LogP contribution in [0.15, 0.2) is 39.9 Å². The molecule has 144 valence electrons. The second-order valence-corrected chi connectivity index (χ2v) is 5.68. The minimum atomic E-state index is -0.808. The zero-order chi connectivity index (χ0) is 20.0. The third-order valence-corrected chi connectivity index (χ3v) is 3.87. The molecule has 1 aromatic heterocycles. The molecule has 0 aliphatic carbocycles. The summed E-state index contributed by atoms with van der Waals surface area (Å²) in [7, 11) is 1.31. The van der Waals surface area contributed by atoms with Crippen LogP contribution in [0.3, 0.4) is 0 Å². The first-order valence-electron chi connectivity index (χ1n) is 8.25. The number of rotatable bonds is 8. The van der Waals surface area contributed by atoms with Crippen LogP contribution in [0.2, 0.25) is 0 Å².